The molecule has 0 atom stereocenters. The van der Waals surface area contributed by atoms with Crippen LogP contribution < -0.4 is 4.74 Å². The topological polar surface area (TPSA) is 74.7 Å². The first-order valence-electron chi connectivity index (χ1n) is 8.99. The van der Waals surface area contributed by atoms with Gasteiger partial charge in [0.2, 0.25) is 0 Å². The number of ether oxygens (including phenoxy) is 3. The Balaban J connectivity index is 2.31. The van der Waals surface area contributed by atoms with Gasteiger partial charge in [-0.3, -0.25) is 14.6 Å². The second-order valence-corrected chi connectivity index (χ2v) is 8.55. The van der Waals surface area contributed by atoms with E-state index in [9.17, 15) is 9.59 Å². The van der Waals surface area contributed by atoms with Crippen LogP contribution in [0.3, 0.4) is 0 Å². The van der Waals surface area contributed by atoms with Crippen LogP contribution in [0, 0.1) is 8.99 Å². The quantitative estimate of drug-likeness (QED) is 0.189. The van der Waals surface area contributed by atoms with Crippen molar-refractivity contribution in [3.63, 3.8) is 0 Å². The lowest BCUT2D eigenvalue weighted by Gasteiger charge is -2.29. The van der Waals surface area contributed by atoms with E-state index < -0.39 is 17.4 Å². The van der Waals surface area contributed by atoms with Gasteiger partial charge in [0.05, 0.1) is 22.8 Å². The maximum absolute atomic E-state index is 12.6. The number of pyridine rings is 1. The first-order valence-corrected chi connectivity index (χ1v) is 10.4. The molecule has 0 saturated carbocycles. The van der Waals surface area contributed by atoms with E-state index in [1.807, 2.05) is 6.07 Å². The molecule has 6 nitrogen and oxygen atoms in total. The van der Waals surface area contributed by atoms with E-state index in [0.29, 0.717) is 27.4 Å². The zero-order chi connectivity index (χ0) is 22.5. The van der Waals surface area contributed by atoms with E-state index >= 15 is 0 Å². The molecule has 30 heavy (non-hydrogen) atoms. The van der Waals surface area contributed by atoms with E-state index in [-0.39, 0.29) is 19.4 Å². The number of nitrogens with zero attached hydrogens (tertiary/aromatic N) is 1. The highest BCUT2D eigenvalue weighted by Crippen LogP contribution is 2.38. The Labute approximate surface area is 194 Å². The largest absolute Gasteiger partial charge is 0.486 e. The maximum atomic E-state index is 12.6. The molecule has 0 N–H and O–H groups in total. The van der Waals surface area contributed by atoms with Gasteiger partial charge in [0.1, 0.15) is 12.1 Å². The minimum atomic E-state index is -1.57. The Morgan fingerprint density at radius 1 is 1.20 bits per heavy atom. The van der Waals surface area contributed by atoms with Crippen molar-refractivity contribution in [2.75, 3.05) is 20.8 Å². The van der Waals surface area contributed by atoms with Crippen molar-refractivity contribution in [3.05, 3.63) is 57.3 Å². The molecule has 1 heterocycles. The second-order valence-electron chi connectivity index (χ2n) is 6.98. The zero-order valence-electron chi connectivity index (χ0n) is 17.1. The average molecular weight is 544 g/mol. The summed E-state index contributed by atoms with van der Waals surface area (Å²) in [4.78, 5) is 29.5. The number of carbonyl (C=O) groups excluding carboxylic acids is 2. The molecule has 8 heteroatoms. The minimum Gasteiger partial charge on any atom is -0.486 e. The Hall–Kier alpha value is -2.13. The van der Waals surface area contributed by atoms with Crippen LogP contribution in [-0.2, 0) is 19.1 Å². The Bertz CT molecular complexity index is 988. The van der Waals surface area contributed by atoms with Gasteiger partial charge in [0.25, 0.3) is 0 Å². The molecule has 0 fully saturated rings. The summed E-state index contributed by atoms with van der Waals surface area (Å²) in [6, 6.07) is 5.44. The first kappa shape index (κ1) is 24.1. The standard InChI is InChI=1S/C22H23ClINO5/c1-13(2)10-22(20(26)28-4,21(27)29-5)11-14(3)12-30-19-17(24)9-16(23)15-7-6-8-25-18(15)19/h6-9H,1,3,10-12H2,2,4-5H3. The fourth-order valence-corrected chi connectivity index (χ4v) is 4.44. The van der Waals surface area contributed by atoms with Gasteiger partial charge in [-0.2, -0.15) is 0 Å². The van der Waals surface area contributed by atoms with Crippen molar-refractivity contribution in [1.82, 2.24) is 4.98 Å². The molecule has 0 saturated heterocycles. The van der Waals surface area contributed by atoms with Crippen LogP contribution in [0.15, 0.2) is 48.7 Å². The first-order chi connectivity index (χ1) is 14.2. The van der Waals surface area contributed by atoms with Crippen molar-refractivity contribution >= 4 is 57.0 Å². The highest BCUT2D eigenvalue weighted by atomic mass is 127. The summed E-state index contributed by atoms with van der Waals surface area (Å²) in [7, 11) is 2.46. The molecule has 0 aliphatic carbocycles. The third-order valence-corrected chi connectivity index (χ3v) is 5.59. The number of hydrogen-bond donors (Lipinski definition) is 0. The third-order valence-electron chi connectivity index (χ3n) is 4.48. The SMILES string of the molecule is C=C(C)CC(CC(=C)COc1c(I)cc(Cl)c2cccnc12)(C(=O)OC)C(=O)OC. The van der Waals surface area contributed by atoms with Crippen molar-refractivity contribution < 1.29 is 23.8 Å². The Morgan fingerprint density at radius 2 is 1.83 bits per heavy atom. The van der Waals surface area contributed by atoms with Gasteiger partial charge in [-0.1, -0.05) is 23.8 Å². The molecule has 0 unspecified atom stereocenters. The van der Waals surface area contributed by atoms with Crippen LogP contribution >= 0.6 is 34.2 Å². The molecule has 0 radical (unpaired) electrons. The normalized spacial score (nSPS) is 11.1. The number of halogens is 2. The fourth-order valence-electron chi connectivity index (χ4n) is 3.28. The monoisotopic (exact) mass is 543 g/mol. The number of allylic oxidation sites excluding steroid dienone is 1. The lowest BCUT2D eigenvalue weighted by atomic mass is 9.77. The summed E-state index contributed by atoms with van der Waals surface area (Å²) in [6.07, 6.45) is 1.73. The van der Waals surface area contributed by atoms with Crippen molar-refractivity contribution in [1.29, 1.82) is 0 Å². The van der Waals surface area contributed by atoms with Crippen LogP contribution in [-0.4, -0.2) is 37.7 Å². The van der Waals surface area contributed by atoms with Gasteiger partial charge in [-0.15, -0.1) is 6.58 Å². The van der Waals surface area contributed by atoms with Gasteiger partial charge in [-0.05, 0) is 66.1 Å². The number of esters is 2. The van der Waals surface area contributed by atoms with Crippen LogP contribution in [0.4, 0.5) is 0 Å². The Kier molecular flexibility index (Phi) is 8.25. The number of aromatic nitrogens is 1. The van der Waals surface area contributed by atoms with Crippen molar-refractivity contribution in [3.8, 4) is 5.75 Å². The molecule has 1 aromatic carbocycles. The number of hydrogen-bond acceptors (Lipinski definition) is 6. The third kappa shape index (κ3) is 5.13. The molecule has 2 aromatic rings. The predicted octanol–water partition coefficient (Wildman–Crippen LogP) is 5.12. The summed E-state index contributed by atoms with van der Waals surface area (Å²) in [5, 5.41) is 1.34. The molecule has 0 aliphatic heterocycles. The van der Waals surface area contributed by atoms with E-state index in [1.54, 1.807) is 25.3 Å². The van der Waals surface area contributed by atoms with Crippen LogP contribution in [0.25, 0.3) is 10.9 Å². The number of carbonyl (C=O) groups is 2. The predicted molar refractivity (Wildman–Crippen MR) is 125 cm³/mol. The van der Waals surface area contributed by atoms with Gasteiger partial charge in [0, 0.05) is 11.6 Å². The van der Waals surface area contributed by atoms with E-state index in [1.165, 1.54) is 14.2 Å². The van der Waals surface area contributed by atoms with E-state index in [4.69, 9.17) is 25.8 Å². The molecular formula is C22H23ClINO5. The van der Waals surface area contributed by atoms with Crippen molar-refractivity contribution in [2.45, 2.75) is 19.8 Å². The van der Waals surface area contributed by atoms with Gasteiger partial charge >= 0.3 is 11.9 Å². The molecule has 0 amide bonds. The lowest BCUT2D eigenvalue weighted by Crippen LogP contribution is -2.42. The molecule has 0 bridgehead atoms. The van der Waals surface area contributed by atoms with Crippen molar-refractivity contribution in [2.24, 2.45) is 5.41 Å². The van der Waals surface area contributed by atoms with E-state index in [2.05, 4.69) is 40.7 Å². The summed E-state index contributed by atoms with van der Waals surface area (Å²) in [6.45, 7) is 9.63. The van der Waals surface area contributed by atoms with Crippen LogP contribution in [0.5, 0.6) is 5.75 Å². The zero-order valence-corrected chi connectivity index (χ0v) is 20.0. The van der Waals surface area contributed by atoms with Crippen LogP contribution in [0.1, 0.15) is 19.8 Å². The van der Waals surface area contributed by atoms with Gasteiger partial charge in [0.15, 0.2) is 11.2 Å². The van der Waals surface area contributed by atoms with Gasteiger partial charge < -0.3 is 14.2 Å². The molecule has 0 spiro atoms. The maximum Gasteiger partial charge on any atom is 0.323 e. The van der Waals surface area contributed by atoms with Gasteiger partial charge in [-0.25, -0.2) is 0 Å². The average Bonchev–Trinajstić information content (AvgIpc) is 2.71. The number of rotatable bonds is 9. The summed E-state index contributed by atoms with van der Waals surface area (Å²) < 4.78 is 16.6. The molecule has 2 rings (SSSR count). The molecule has 160 valence electrons. The minimum absolute atomic E-state index is 0.00522. The molecule has 0 aliphatic rings. The lowest BCUT2D eigenvalue weighted by molar-refractivity contribution is -0.169. The number of benzene rings is 1. The Morgan fingerprint density at radius 3 is 2.40 bits per heavy atom. The fraction of sp³-hybridized carbons (Fsp3) is 0.318. The second kappa shape index (κ2) is 10.3. The molecular weight excluding hydrogens is 521 g/mol. The highest BCUT2D eigenvalue weighted by molar-refractivity contribution is 14.1. The summed E-state index contributed by atoms with van der Waals surface area (Å²) >= 11 is 8.42. The summed E-state index contributed by atoms with van der Waals surface area (Å²) in [5.74, 6) is -0.850. The number of methoxy groups -OCH3 is 2. The highest BCUT2D eigenvalue weighted by Gasteiger charge is 2.48. The number of fused-ring (bicyclic) bond motifs is 1. The van der Waals surface area contributed by atoms with Crippen LogP contribution in [0.2, 0.25) is 5.02 Å². The molecule has 1 aromatic heterocycles. The van der Waals surface area contributed by atoms with E-state index in [0.717, 1.165) is 8.96 Å². The summed E-state index contributed by atoms with van der Waals surface area (Å²) in [5.41, 5.74) is 0.212. The smallest absolute Gasteiger partial charge is 0.323 e.